The van der Waals surface area contributed by atoms with E-state index in [-0.39, 0.29) is 5.91 Å². The van der Waals surface area contributed by atoms with Gasteiger partial charge in [-0.25, -0.2) is 9.97 Å². The van der Waals surface area contributed by atoms with Crippen LogP contribution in [0.4, 0.5) is 5.82 Å². The van der Waals surface area contributed by atoms with Crippen molar-refractivity contribution in [1.82, 2.24) is 9.97 Å². The largest absolute Gasteiger partial charge is 0.369 e. The number of aromatic nitrogens is 2. The maximum atomic E-state index is 11.6. The van der Waals surface area contributed by atoms with E-state index in [1.54, 1.807) is 6.33 Å². The van der Waals surface area contributed by atoms with Crippen LogP contribution in [0.3, 0.4) is 0 Å². The second kappa shape index (κ2) is 6.46. The first-order valence-electron chi connectivity index (χ1n) is 8.85. The maximum absolute atomic E-state index is 11.6. The number of hydrogen-bond donors (Lipinski definition) is 1. The van der Waals surface area contributed by atoms with E-state index in [4.69, 9.17) is 5.73 Å². The summed E-state index contributed by atoms with van der Waals surface area (Å²) in [5, 5.41) is 0. The number of nitrogens with zero attached hydrogens (tertiary/aromatic N) is 3. The van der Waals surface area contributed by atoms with Crippen LogP contribution in [0, 0.1) is 11.3 Å². The Hall–Kier alpha value is -1.65. The Labute approximate surface area is 138 Å². The molecule has 1 aliphatic heterocycles. The van der Waals surface area contributed by atoms with Gasteiger partial charge in [0.25, 0.3) is 0 Å². The van der Waals surface area contributed by atoms with Gasteiger partial charge in [0, 0.05) is 29.8 Å². The number of anilines is 1. The molecule has 0 saturated carbocycles. The predicted octanol–water partition coefficient (Wildman–Crippen LogP) is 2.47. The van der Waals surface area contributed by atoms with Gasteiger partial charge in [0.05, 0.1) is 0 Å². The zero-order chi connectivity index (χ0) is 16.4. The van der Waals surface area contributed by atoms with E-state index in [2.05, 4.69) is 14.9 Å². The average molecular weight is 316 g/mol. The number of rotatable bonds is 4. The van der Waals surface area contributed by atoms with Gasteiger partial charge in [-0.3, -0.25) is 4.79 Å². The topological polar surface area (TPSA) is 72.1 Å². The first-order valence-corrected chi connectivity index (χ1v) is 8.85. The SMILES string of the molecule is CC(C)(C[C@H]1CCCN(c2ncnc3c2CCCC3)C1)C(N)=O. The lowest BCUT2D eigenvalue weighted by molar-refractivity contribution is -0.126. The molecule has 0 radical (unpaired) electrons. The third-order valence-electron chi connectivity index (χ3n) is 5.39. The summed E-state index contributed by atoms with van der Waals surface area (Å²) in [5.74, 6) is 1.44. The van der Waals surface area contributed by atoms with Crippen molar-refractivity contribution in [2.75, 3.05) is 18.0 Å². The highest BCUT2D eigenvalue weighted by molar-refractivity contribution is 5.79. The standard InChI is InChI=1S/C18H28N4O/c1-18(2,17(19)23)10-13-6-5-9-22(11-13)16-14-7-3-4-8-15(14)20-12-21-16/h12-13H,3-11H2,1-2H3,(H2,19,23)/t13-/m1/s1. The Kier molecular flexibility index (Phi) is 4.55. The molecule has 2 heterocycles. The number of aryl methyl sites for hydroxylation is 1. The molecule has 1 amide bonds. The van der Waals surface area contributed by atoms with Gasteiger partial charge >= 0.3 is 0 Å². The number of fused-ring (bicyclic) bond motifs is 1. The summed E-state index contributed by atoms with van der Waals surface area (Å²) < 4.78 is 0. The van der Waals surface area contributed by atoms with Gasteiger partial charge in [-0.1, -0.05) is 13.8 Å². The highest BCUT2D eigenvalue weighted by Crippen LogP contribution is 2.34. The van der Waals surface area contributed by atoms with Crippen LogP contribution in [0.15, 0.2) is 6.33 Å². The number of amides is 1. The lowest BCUT2D eigenvalue weighted by atomic mass is 9.79. The highest BCUT2D eigenvalue weighted by Gasteiger charge is 2.32. The van der Waals surface area contributed by atoms with Gasteiger partial charge in [0.1, 0.15) is 12.1 Å². The maximum Gasteiger partial charge on any atom is 0.223 e. The molecule has 0 unspecified atom stereocenters. The molecule has 1 saturated heterocycles. The third kappa shape index (κ3) is 3.48. The Morgan fingerprint density at radius 2 is 2.09 bits per heavy atom. The molecule has 1 atom stereocenters. The minimum atomic E-state index is -0.432. The first kappa shape index (κ1) is 16.2. The molecule has 1 fully saturated rings. The van der Waals surface area contributed by atoms with Crippen LogP contribution in [0.2, 0.25) is 0 Å². The number of carbonyl (C=O) groups excluding carboxylic acids is 1. The van der Waals surface area contributed by atoms with Crippen molar-refractivity contribution in [2.45, 2.75) is 58.8 Å². The van der Waals surface area contributed by atoms with E-state index < -0.39 is 5.41 Å². The smallest absolute Gasteiger partial charge is 0.223 e. The monoisotopic (exact) mass is 316 g/mol. The average Bonchev–Trinajstić information content (AvgIpc) is 2.54. The van der Waals surface area contributed by atoms with Crippen LogP contribution in [0.1, 0.15) is 57.2 Å². The number of primary amides is 1. The zero-order valence-corrected chi connectivity index (χ0v) is 14.3. The number of hydrogen-bond acceptors (Lipinski definition) is 4. The number of nitrogens with two attached hydrogens (primary N) is 1. The quantitative estimate of drug-likeness (QED) is 0.926. The van der Waals surface area contributed by atoms with Crippen LogP contribution in [-0.4, -0.2) is 29.0 Å². The third-order valence-corrected chi connectivity index (χ3v) is 5.39. The highest BCUT2D eigenvalue weighted by atomic mass is 16.1. The van der Waals surface area contributed by atoms with Crippen molar-refractivity contribution in [3.05, 3.63) is 17.6 Å². The molecule has 1 aromatic rings. The lowest BCUT2D eigenvalue weighted by Crippen LogP contribution is -2.41. The second-order valence-corrected chi connectivity index (χ2v) is 7.74. The molecule has 1 aromatic heterocycles. The van der Waals surface area contributed by atoms with E-state index >= 15 is 0 Å². The first-order chi connectivity index (χ1) is 11.0. The predicted molar refractivity (Wildman–Crippen MR) is 91.2 cm³/mol. The summed E-state index contributed by atoms with van der Waals surface area (Å²) in [7, 11) is 0. The molecule has 5 nitrogen and oxygen atoms in total. The summed E-state index contributed by atoms with van der Waals surface area (Å²) in [6.45, 7) is 5.94. The molecule has 126 valence electrons. The van der Waals surface area contributed by atoms with Gasteiger partial charge in [-0.2, -0.15) is 0 Å². The van der Waals surface area contributed by atoms with Crippen molar-refractivity contribution in [2.24, 2.45) is 17.1 Å². The van der Waals surface area contributed by atoms with Crippen molar-refractivity contribution in [1.29, 1.82) is 0 Å². The lowest BCUT2D eigenvalue weighted by Gasteiger charge is -2.37. The molecule has 0 bridgehead atoms. The van der Waals surface area contributed by atoms with Crippen molar-refractivity contribution >= 4 is 11.7 Å². The van der Waals surface area contributed by atoms with Crippen molar-refractivity contribution < 1.29 is 4.79 Å². The van der Waals surface area contributed by atoms with Crippen LogP contribution in [-0.2, 0) is 17.6 Å². The summed E-state index contributed by atoms with van der Waals surface area (Å²) in [5.41, 5.74) is 7.71. The molecule has 2 N–H and O–H groups in total. The van der Waals surface area contributed by atoms with E-state index in [0.717, 1.165) is 44.6 Å². The van der Waals surface area contributed by atoms with Gasteiger partial charge in [-0.05, 0) is 50.9 Å². The fourth-order valence-corrected chi connectivity index (χ4v) is 4.02. The zero-order valence-electron chi connectivity index (χ0n) is 14.3. The molecular formula is C18H28N4O. The summed E-state index contributed by atoms with van der Waals surface area (Å²) in [6, 6.07) is 0. The Morgan fingerprint density at radius 1 is 1.30 bits per heavy atom. The number of carbonyl (C=O) groups is 1. The van der Waals surface area contributed by atoms with Crippen LogP contribution < -0.4 is 10.6 Å². The summed E-state index contributed by atoms with van der Waals surface area (Å²) in [4.78, 5) is 23.1. The van der Waals surface area contributed by atoms with Crippen molar-refractivity contribution in [3.8, 4) is 0 Å². The molecule has 1 aliphatic carbocycles. The molecule has 5 heteroatoms. The van der Waals surface area contributed by atoms with E-state index in [0.29, 0.717) is 5.92 Å². The summed E-state index contributed by atoms with van der Waals surface area (Å²) in [6.07, 6.45) is 9.54. The van der Waals surface area contributed by atoms with Gasteiger partial charge in [0.15, 0.2) is 0 Å². The molecule has 0 spiro atoms. The molecule has 23 heavy (non-hydrogen) atoms. The molecule has 0 aromatic carbocycles. The van der Waals surface area contributed by atoms with Gasteiger partial charge in [-0.15, -0.1) is 0 Å². The van der Waals surface area contributed by atoms with Gasteiger partial charge in [0.2, 0.25) is 5.91 Å². The fraction of sp³-hybridized carbons (Fsp3) is 0.722. The van der Waals surface area contributed by atoms with Gasteiger partial charge < -0.3 is 10.6 Å². The summed E-state index contributed by atoms with van der Waals surface area (Å²) >= 11 is 0. The normalized spacial score (nSPS) is 21.8. The van der Waals surface area contributed by atoms with E-state index in [1.165, 1.54) is 30.5 Å². The Bertz CT molecular complexity index is 584. The molecule has 2 aliphatic rings. The van der Waals surface area contributed by atoms with Crippen LogP contribution >= 0.6 is 0 Å². The second-order valence-electron chi connectivity index (χ2n) is 7.74. The molecular weight excluding hydrogens is 288 g/mol. The van der Waals surface area contributed by atoms with Crippen LogP contribution in [0.25, 0.3) is 0 Å². The number of piperidine rings is 1. The van der Waals surface area contributed by atoms with Crippen LogP contribution in [0.5, 0.6) is 0 Å². The Balaban J connectivity index is 1.76. The van der Waals surface area contributed by atoms with E-state index in [1.807, 2.05) is 13.8 Å². The molecule has 3 rings (SSSR count). The Morgan fingerprint density at radius 3 is 2.87 bits per heavy atom. The minimum Gasteiger partial charge on any atom is -0.369 e. The van der Waals surface area contributed by atoms with Crippen molar-refractivity contribution in [3.63, 3.8) is 0 Å². The fourth-order valence-electron chi connectivity index (χ4n) is 4.02. The minimum absolute atomic E-state index is 0.200. The van der Waals surface area contributed by atoms with E-state index in [9.17, 15) is 4.79 Å².